The van der Waals surface area contributed by atoms with E-state index in [0.29, 0.717) is 29.4 Å². The van der Waals surface area contributed by atoms with Crippen LogP contribution in [-0.2, 0) is 24.4 Å². The number of amides is 2. The van der Waals surface area contributed by atoms with E-state index >= 15 is 0 Å². The summed E-state index contributed by atoms with van der Waals surface area (Å²) in [4.78, 5) is 31.8. The van der Waals surface area contributed by atoms with Crippen molar-refractivity contribution in [3.8, 4) is 5.75 Å². The highest BCUT2D eigenvalue weighted by Crippen LogP contribution is 2.37. The predicted molar refractivity (Wildman–Crippen MR) is 149 cm³/mol. The zero-order chi connectivity index (χ0) is 27.4. The fourth-order valence-electron chi connectivity index (χ4n) is 4.76. The Morgan fingerprint density at radius 1 is 1.10 bits per heavy atom. The van der Waals surface area contributed by atoms with Gasteiger partial charge in [-0.1, -0.05) is 55.0 Å². The van der Waals surface area contributed by atoms with E-state index in [0.717, 1.165) is 23.1 Å². The van der Waals surface area contributed by atoms with E-state index in [-0.39, 0.29) is 36.8 Å². The van der Waals surface area contributed by atoms with Crippen LogP contribution in [0.1, 0.15) is 62.7 Å². The van der Waals surface area contributed by atoms with Gasteiger partial charge in [-0.15, -0.1) is 11.3 Å². The van der Waals surface area contributed by atoms with E-state index in [1.54, 1.807) is 17.5 Å². The molecule has 0 radical (unpaired) electrons. The van der Waals surface area contributed by atoms with Crippen molar-refractivity contribution in [1.82, 2.24) is 15.2 Å². The van der Waals surface area contributed by atoms with Crippen LogP contribution in [0.2, 0.25) is 0 Å². The van der Waals surface area contributed by atoms with Crippen LogP contribution >= 0.6 is 11.3 Å². The lowest BCUT2D eigenvalue weighted by Gasteiger charge is -2.38. The van der Waals surface area contributed by atoms with Gasteiger partial charge in [0.1, 0.15) is 28.9 Å². The lowest BCUT2D eigenvalue weighted by atomic mass is 9.87. The number of hydrogen-bond donors (Lipinski definition) is 1. The van der Waals surface area contributed by atoms with Crippen molar-refractivity contribution >= 4 is 23.2 Å². The SMILES string of the molecule is CCC(=O)N1CCc2ccc(OCc3nc(C(=O)NCc4ccc(F)cc4)cs3)cc2[C@H]1c1ccc(C)cc1. The highest BCUT2D eigenvalue weighted by Gasteiger charge is 2.31. The van der Waals surface area contributed by atoms with Crippen LogP contribution in [0.5, 0.6) is 5.75 Å². The smallest absolute Gasteiger partial charge is 0.271 e. The molecule has 0 spiro atoms. The molecule has 0 unspecified atom stereocenters. The summed E-state index contributed by atoms with van der Waals surface area (Å²) in [5.41, 5.74) is 5.66. The fraction of sp³-hybridized carbons (Fsp3) is 0.258. The zero-order valence-electron chi connectivity index (χ0n) is 21.9. The molecule has 1 aliphatic rings. The van der Waals surface area contributed by atoms with Crippen LogP contribution < -0.4 is 10.1 Å². The van der Waals surface area contributed by atoms with Gasteiger partial charge in [0.25, 0.3) is 5.91 Å². The molecule has 0 fully saturated rings. The molecule has 4 aromatic rings. The first-order chi connectivity index (χ1) is 18.9. The Morgan fingerprint density at radius 2 is 1.87 bits per heavy atom. The quantitative estimate of drug-likeness (QED) is 0.297. The van der Waals surface area contributed by atoms with Crippen molar-refractivity contribution in [2.45, 2.75) is 45.9 Å². The number of carbonyl (C=O) groups excluding carboxylic acids is 2. The van der Waals surface area contributed by atoms with Gasteiger partial charge < -0.3 is 15.0 Å². The lowest BCUT2D eigenvalue weighted by Crippen LogP contribution is -2.40. The third kappa shape index (κ3) is 6.17. The van der Waals surface area contributed by atoms with E-state index in [1.165, 1.54) is 34.6 Å². The van der Waals surface area contributed by atoms with Crippen molar-refractivity contribution in [2.75, 3.05) is 6.54 Å². The number of rotatable bonds is 8. The Hall–Kier alpha value is -4.04. The number of benzene rings is 3. The van der Waals surface area contributed by atoms with E-state index < -0.39 is 0 Å². The molecule has 39 heavy (non-hydrogen) atoms. The maximum absolute atomic E-state index is 13.1. The van der Waals surface area contributed by atoms with Crippen molar-refractivity contribution in [1.29, 1.82) is 0 Å². The molecule has 0 aliphatic carbocycles. The number of aromatic nitrogens is 1. The molecule has 2 heterocycles. The molecule has 5 rings (SSSR count). The van der Waals surface area contributed by atoms with Gasteiger partial charge in [-0.25, -0.2) is 9.37 Å². The Morgan fingerprint density at radius 3 is 2.62 bits per heavy atom. The Bertz CT molecular complexity index is 1470. The molecule has 8 heteroatoms. The van der Waals surface area contributed by atoms with Gasteiger partial charge in [-0.2, -0.15) is 0 Å². The van der Waals surface area contributed by atoms with Gasteiger partial charge in [0.2, 0.25) is 5.91 Å². The van der Waals surface area contributed by atoms with Gasteiger partial charge in [-0.05, 0) is 59.9 Å². The normalized spacial score (nSPS) is 14.5. The van der Waals surface area contributed by atoms with Gasteiger partial charge in [0.05, 0.1) is 6.04 Å². The lowest BCUT2D eigenvalue weighted by molar-refractivity contribution is -0.132. The first-order valence-electron chi connectivity index (χ1n) is 13.0. The minimum absolute atomic E-state index is 0.130. The standard InChI is InChI=1S/C31H30FN3O3S/c1-3-29(36)35-15-14-22-10-13-25(16-26(22)30(35)23-8-4-20(2)5-9-23)38-18-28-34-27(19-39-28)31(37)33-17-21-6-11-24(32)12-7-21/h4-13,16,19,30H,3,14-15,17-18H2,1-2H3,(H,33,37)/t30-/m1/s1. The molecule has 0 bridgehead atoms. The molecular weight excluding hydrogens is 513 g/mol. The second-order valence-electron chi connectivity index (χ2n) is 9.59. The van der Waals surface area contributed by atoms with Crippen LogP contribution in [0.25, 0.3) is 0 Å². The first kappa shape index (κ1) is 26.6. The number of thiazole rings is 1. The van der Waals surface area contributed by atoms with Crippen LogP contribution in [-0.4, -0.2) is 28.2 Å². The monoisotopic (exact) mass is 543 g/mol. The first-order valence-corrected chi connectivity index (χ1v) is 13.9. The molecule has 1 aromatic heterocycles. The summed E-state index contributed by atoms with van der Waals surface area (Å²) in [6.07, 6.45) is 1.25. The summed E-state index contributed by atoms with van der Waals surface area (Å²) >= 11 is 1.36. The summed E-state index contributed by atoms with van der Waals surface area (Å²) in [5, 5.41) is 5.19. The summed E-state index contributed by atoms with van der Waals surface area (Å²) in [5.74, 6) is 0.211. The highest BCUT2D eigenvalue weighted by atomic mass is 32.1. The summed E-state index contributed by atoms with van der Waals surface area (Å²) in [6, 6.07) is 20.2. The largest absolute Gasteiger partial charge is 0.486 e. The van der Waals surface area contributed by atoms with Gasteiger partial charge in [0, 0.05) is 24.9 Å². The Balaban J connectivity index is 1.28. The average Bonchev–Trinajstić information content (AvgIpc) is 3.44. The molecule has 1 aliphatic heterocycles. The second-order valence-corrected chi connectivity index (χ2v) is 10.5. The van der Waals surface area contributed by atoms with Crippen LogP contribution in [0.4, 0.5) is 4.39 Å². The molecule has 0 saturated heterocycles. The number of nitrogens with one attached hydrogen (secondary N) is 1. The van der Waals surface area contributed by atoms with Crippen molar-refractivity contribution in [2.24, 2.45) is 0 Å². The maximum atomic E-state index is 13.1. The van der Waals surface area contributed by atoms with E-state index in [1.807, 2.05) is 24.0 Å². The van der Waals surface area contributed by atoms with E-state index in [4.69, 9.17) is 4.74 Å². The van der Waals surface area contributed by atoms with Crippen LogP contribution in [0, 0.1) is 12.7 Å². The number of aryl methyl sites for hydroxylation is 1. The summed E-state index contributed by atoms with van der Waals surface area (Å²) in [6.45, 7) is 5.15. The zero-order valence-corrected chi connectivity index (χ0v) is 22.8. The summed E-state index contributed by atoms with van der Waals surface area (Å²) in [7, 11) is 0. The summed E-state index contributed by atoms with van der Waals surface area (Å²) < 4.78 is 19.2. The number of ether oxygens (including phenoxy) is 1. The fourth-order valence-corrected chi connectivity index (χ4v) is 5.45. The minimum Gasteiger partial charge on any atom is -0.486 e. The molecule has 0 saturated carbocycles. The molecule has 2 amide bonds. The minimum atomic E-state index is -0.314. The van der Waals surface area contributed by atoms with Gasteiger partial charge >= 0.3 is 0 Å². The van der Waals surface area contributed by atoms with Crippen molar-refractivity contribution in [3.63, 3.8) is 0 Å². The maximum Gasteiger partial charge on any atom is 0.271 e. The third-order valence-corrected chi connectivity index (χ3v) is 7.70. The molecule has 200 valence electrons. The topological polar surface area (TPSA) is 71.5 Å². The number of halogens is 1. The third-order valence-electron chi connectivity index (χ3n) is 6.87. The van der Waals surface area contributed by atoms with E-state index in [2.05, 4.69) is 47.6 Å². The van der Waals surface area contributed by atoms with Crippen LogP contribution in [0.3, 0.4) is 0 Å². The highest BCUT2D eigenvalue weighted by molar-refractivity contribution is 7.09. The Kier molecular flexibility index (Phi) is 8.02. The molecule has 1 N–H and O–H groups in total. The Labute approximate surface area is 231 Å². The number of carbonyl (C=O) groups is 2. The molecule has 6 nitrogen and oxygen atoms in total. The second kappa shape index (κ2) is 11.8. The van der Waals surface area contributed by atoms with E-state index in [9.17, 15) is 14.0 Å². The molecular formula is C31H30FN3O3S. The van der Waals surface area contributed by atoms with Crippen molar-refractivity contribution in [3.05, 3.63) is 116 Å². The number of fused-ring (bicyclic) bond motifs is 1. The number of nitrogens with zero attached hydrogens (tertiary/aromatic N) is 2. The average molecular weight is 544 g/mol. The van der Waals surface area contributed by atoms with Gasteiger partial charge in [0.15, 0.2) is 0 Å². The van der Waals surface area contributed by atoms with Crippen LogP contribution in [0.15, 0.2) is 72.1 Å². The molecule has 3 aromatic carbocycles. The van der Waals surface area contributed by atoms with Gasteiger partial charge in [-0.3, -0.25) is 9.59 Å². The molecule has 1 atom stereocenters. The predicted octanol–water partition coefficient (Wildman–Crippen LogP) is 5.98. The van der Waals surface area contributed by atoms with Crippen molar-refractivity contribution < 1.29 is 18.7 Å². The number of hydrogen-bond acceptors (Lipinski definition) is 5.